The van der Waals surface area contributed by atoms with E-state index in [1.807, 2.05) is 30.3 Å². The lowest BCUT2D eigenvalue weighted by molar-refractivity contribution is -0.114. The number of hydrogen-bond acceptors (Lipinski definition) is 7. The molecule has 4 aromatic rings. The number of amides is 1. The van der Waals surface area contributed by atoms with Crippen LogP contribution in [-0.2, 0) is 31.4 Å². The van der Waals surface area contributed by atoms with E-state index in [4.69, 9.17) is 4.74 Å². The summed E-state index contributed by atoms with van der Waals surface area (Å²) in [6.07, 6.45) is 2.47. The van der Waals surface area contributed by atoms with Gasteiger partial charge in [-0.3, -0.25) is 13.8 Å². The lowest BCUT2D eigenvalue weighted by Crippen LogP contribution is -2.37. The molecule has 0 aliphatic rings. The fourth-order valence-corrected chi connectivity index (χ4v) is 5.38. The summed E-state index contributed by atoms with van der Waals surface area (Å²) in [7, 11) is -7.67. The predicted octanol–water partition coefficient (Wildman–Crippen LogP) is 3.87. The quantitative estimate of drug-likeness (QED) is 0.281. The summed E-state index contributed by atoms with van der Waals surface area (Å²) in [5, 5.41) is 2.60. The highest BCUT2D eigenvalue weighted by Crippen LogP contribution is 2.23. The SMILES string of the molecule is CS(=O)(=O)N(CC(=O)Nc1ccc(S(=O)(=O)Nc2ccccn2)cc1)c1ccc(OCc2ccccc2)cc1. The van der Waals surface area contributed by atoms with Gasteiger partial charge in [0.15, 0.2) is 0 Å². The van der Waals surface area contributed by atoms with Crippen molar-refractivity contribution in [2.24, 2.45) is 0 Å². The molecule has 0 radical (unpaired) electrons. The zero-order valence-corrected chi connectivity index (χ0v) is 22.5. The average molecular weight is 567 g/mol. The number of aromatic nitrogens is 1. The number of ether oxygens (including phenoxy) is 1. The first-order valence-corrected chi connectivity index (χ1v) is 15.0. The van der Waals surface area contributed by atoms with E-state index in [-0.39, 0.29) is 10.7 Å². The van der Waals surface area contributed by atoms with Gasteiger partial charge in [-0.15, -0.1) is 0 Å². The van der Waals surface area contributed by atoms with Crippen LogP contribution < -0.4 is 19.1 Å². The molecule has 0 saturated carbocycles. The van der Waals surface area contributed by atoms with Crippen molar-refractivity contribution in [1.82, 2.24) is 4.98 Å². The zero-order chi connectivity index (χ0) is 27.9. The van der Waals surface area contributed by atoms with Crippen molar-refractivity contribution in [2.75, 3.05) is 27.1 Å². The largest absolute Gasteiger partial charge is 0.489 e. The van der Waals surface area contributed by atoms with Crippen LogP contribution in [0.25, 0.3) is 0 Å². The van der Waals surface area contributed by atoms with Gasteiger partial charge in [0.1, 0.15) is 24.7 Å². The van der Waals surface area contributed by atoms with E-state index in [2.05, 4.69) is 15.0 Å². The van der Waals surface area contributed by atoms with Gasteiger partial charge in [-0.2, -0.15) is 0 Å². The molecule has 202 valence electrons. The second kappa shape index (κ2) is 12.0. The van der Waals surface area contributed by atoms with Crippen LogP contribution in [0.2, 0.25) is 0 Å². The van der Waals surface area contributed by atoms with Crippen molar-refractivity contribution < 1.29 is 26.4 Å². The third kappa shape index (κ3) is 7.79. The highest BCUT2D eigenvalue weighted by molar-refractivity contribution is 7.92. The van der Waals surface area contributed by atoms with E-state index in [9.17, 15) is 21.6 Å². The molecular weight excluding hydrogens is 540 g/mol. The summed E-state index contributed by atoms with van der Waals surface area (Å²) in [6, 6.07) is 26.3. The minimum Gasteiger partial charge on any atom is -0.489 e. The van der Waals surface area contributed by atoms with Crippen LogP contribution >= 0.6 is 0 Å². The molecule has 1 aromatic heterocycles. The molecule has 39 heavy (non-hydrogen) atoms. The molecular formula is C27H26N4O6S2. The molecule has 10 nitrogen and oxygen atoms in total. The number of hydrogen-bond donors (Lipinski definition) is 2. The molecule has 4 rings (SSSR count). The number of anilines is 3. The van der Waals surface area contributed by atoms with Crippen LogP contribution in [0.3, 0.4) is 0 Å². The van der Waals surface area contributed by atoms with E-state index in [0.717, 1.165) is 16.1 Å². The van der Waals surface area contributed by atoms with Crippen LogP contribution in [0.1, 0.15) is 5.56 Å². The zero-order valence-electron chi connectivity index (χ0n) is 20.9. The lowest BCUT2D eigenvalue weighted by Gasteiger charge is -2.22. The molecule has 12 heteroatoms. The standard InChI is InChI=1S/C27H26N4O6S2/c1-38(33,34)31(23-12-14-24(15-13-23)37-20-21-7-3-2-4-8-21)19-27(32)29-22-10-16-25(17-11-22)39(35,36)30-26-9-5-6-18-28-26/h2-18H,19-20H2,1H3,(H,28,30)(H,29,32). The second-order valence-corrected chi connectivity index (χ2v) is 12.0. The molecule has 0 atom stereocenters. The average Bonchev–Trinajstić information content (AvgIpc) is 2.91. The maximum absolute atomic E-state index is 12.7. The molecule has 0 saturated heterocycles. The normalized spacial score (nSPS) is 11.4. The van der Waals surface area contributed by atoms with Crippen molar-refractivity contribution in [3.05, 3.63) is 109 Å². The summed E-state index contributed by atoms with van der Waals surface area (Å²) in [5.41, 5.74) is 1.59. The van der Waals surface area contributed by atoms with E-state index >= 15 is 0 Å². The molecule has 0 spiro atoms. The third-order valence-electron chi connectivity index (χ3n) is 5.41. The lowest BCUT2D eigenvalue weighted by atomic mass is 10.2. The minimum absolute atomic E-state index is 0.0292. The number of nitrogens with zero attached hydrogens (tertiary/aromatic N) is 2. The number of benzene rings is 3. The van der Waals surface area contributed by atoms with E-state index < -0.39 is 32.5 Å². The Kier molecular flexibility index (Phi) is 8.47. The smallest absolute Gasteiger partial charge is 0.263 e. The predicted molar refractivity (Wildman–Crippen MR) is 150 cm³/mol. The highest BCUT2D eigenvalue weighted by atomic mass is 32.2. The summed E-state index contributed by atoms with van der Waals surface area (Å²) < 4.78 is 59.1. The Morgan fingerprint density at radius 3 is 2.13 bits per heavy atom. The van der Waals surface area contributed by atoms with Crippen LogP contribution in [0.5, 0.6) is 5.75 Å². The van der Waals surface area contributed by atoms with E-state index in [1.165, 1.54) is 36.5 Å². The summed E-state index contributed by atoms with van der Waals surface area (Å²) in [5.74, 6) is 0.117. The van der Waals surface area contributed by atoms with Crippen LogP contribution in [0, 0.1) is 0 Å². The van der Waals surface area contributed by atoms with Gasteiger partial charge in [-0.25, -0.2) is 21.8 Å². The first-order chi connectivity index (χ1) is 18.6. The molecule has 0 aliphatic heterocycles. The Hall–Kier alpha value is -4.42. The third-order valence-corrected chi connectivity index (χ3v) is 7.92. The van der Waals surface area contributed by atoms with Gasteiger partial charge >= 0.3 is 0 Å². The Bertz CT molecular complexity index is 1610. The molecule has 0 unspecified atom stereocenters. The first kappa shape index (κ1) is 27.6. The number of carbonyl (C=O) groups is 1. The summed E-state index contributed by atoms with van der Waals surface area (Å²) in [6.45, 7) is -0.123. The van der Waals surface area contributed by atoms with Gasteiger partial charge in [0.25, 0.3) is 10.0 Å². The number of carbonyl (C=O) groups excluding carboxylic acids is 1. The Labute approximate surface area is 227 Å². The van der Waals surface area contributed by atoms with Crippen LogP contribution in [0.4, 0.5) is 17.2 Å². The summed E-state index contributed by atoms with van der Waals surface area (Å²) in [4.78, 5) is 16.6. The van der Waals surface area contributed by atoms with Crippen LogP contribution in [-0.4, -0.2) is 40.5 Å². The fourth-order valence-electron chi connectivity index (χ4n) is 3.52. The maximum atomic E-state index is 12.7. The Morgan fingerprint density at radius 2 is 1.51 bits per heavy atom. The van der Waals surface area contributed by atoms with Gasteiger partial charge in [0.2, 0.25) is 15.9 Å². The molecule has 0 fully saturated rings. The second-order valence-electron chi connectivity index (χ2n) is 8.43. The molecule has 3 aromatic carbocycles. The van der Waals surface area contributed by atoms with Crippen molar-refractivity contribution in [2.45, 2.75) is 11.5 Å². The molecule has 0 bridgehead atoms. The van der Waals surface area contributed by atoms with E-state index in [1.54, 1.807) is 36.4 Å². The van der Waals surface area contributed by atoms with E-state index in [0.29, 0.717) is 23.7 Å². The minimum atomic E-state index is -3.88. The van der Waals surface area contributed by atoms with Crippen molar-refractivity contribution in [3.63, 3.8) is 0 Å². The Morgan fingerprint density at radius 1 is 0.846 bits per heavy atom. The molecule has 1 amide bonds. The van der Waals surface area contributed by atoms with Gasteiger partial charge in [-0.05, 0) is 66.2 Å². The van der Waals surface area contributed by atoms with Gasteiger partial charge in [0.05, 0.1) is 16.8 Å². The van der Waals surface area contributed by atoms with Crippen LogP contribution in [0.15, 0.2) is 108 Å². The Balaban J connectivity index is 1.39. The number of sulfonamides is 2. The molecule has 1 heterocycles. The maximum Gasteiger partial charge on any atom is 0.263 e. The van der Waals surface area contributed by atoms with Gasteiger partial charge in [-0.1, -0.05) is 36.4 Å². The monoisotopic (exact) mass is 566 g/mol. The first-order valence-electron chi connectivity index (χ1n) is 11.7. The molecule has 0 aliphatic carbocycles. The van der Waals surface area contributed by atoms with Gasteiger partial charge < -0.3 is 10.1 Å². The number of rotatable bonds is 11. The van der Waals surface area contributed by atoms with Crippen molar-refractivity contribution in [3.8, 4) is 5.75 Å². The highest BCUT2D eigenvalue weighted by Gasteiger charge is 2.21. The molecule has 2 N–H and O–H groups in total. The van der Waals surface area contributed by atoms with Crippen molar-refractivity contribution in [1.29, 1.82) is 0 Å². The van der Waals surface area contributed by atoms with Crippen molar-refractivity contribution >= 4 is 43.1 Å². The number of pyridine rings is 1. The number of nitrogens with one attached hydrogen (secondary N) is 2. The fraction of sp³-hybridized carbons (Fsp3) is 0.111. The topological polar surface area (TPSA) is 135 Å². The van der Waals surface area contributed by atoms with Gasteiger partial charge in [0, 0.05) is 11.9 Å². The summed E-state index contributed by atoms with van der Waals surface area (Å²) >= 11 is 0.